The van der Waals surface area contributed by atoms with E-state index in [-0.39, 0.29) is 18.1 Å². The van der Waals surface area contributed by atoms with Gasteiger partial charge in [-0.05, 0) is 49.8 Å². The van der Waals surface area contributed by atoms with E-state index in [0.29, 0.717) is 5.92 Å². The van der Waals surface area contributed by atoms with E-state index in [1.54, 1.807) is 0 Å². The third-order valence-corrected chi connectivity index (χ3v) is 4.19. The molecular formula is C17H24N2O2. The first kappa shape index (κ1) is 14.4. The molecule has 3 rings (SSSR count). The lowest BCUT2D eigenvalue weighted by atomic mass is 10.1. The summed E-state index contributed by atoms with van der Waals surface area (Å²) in [7, 11) is 0. The molecule has 1 heterocycles. The lowest BCUT2D eigenvalue weighted by molar-refractivity contribution is -0.130. The van der Waals surface area contributed by atoms with Gasteiger partial charge in [0.2, 0.25) is 5.91 Å². The first-order valence-electron chi connectivity index (χ1n) is 7.98. The van der Waals surface area contributed by atoms with E-state index in [9.17, 15) is 4.79 Å². The van der Waals surface area contributed by atoms with Crippen LogP contribution >= 0.6 is 0 Å². The van der Waals surface area contributed by atoms with E-state index >= 15 is 0 Å². The van der Waals surface area contributed by atoms with E-state index in [2.05, 4.69) is 24.4 Å². The molecule has 2 aliphatic rings. The summed E-state index contributed by atoms with van der Waals surface area (Å²) >= 11 is 0. The number of hydrogen-bond donors (Lipinski definition) is 1. The van der Waals surface area contributed by atoms with Crippen LogP contribution in [0.5, 0.6) is 5.75 Å². The Balaban J connectivity index is 1.72. The van der Waals surface area contributed by atoms with Gasteiger partial charge in [-0.15, -0.1) is 0 Å². The maximum atomic E-state index is 12.3. The number of amides is 1. The third-order valence-electron chi connectivity index (χ3n) is 4.19. The summed E-state index contributed by atoms with van der Waals surface area (Å²) < 4.78 is 5.62. The molecule has 1 saturated carbocycles. The monoisotopic (exact) mass is 288 g/mol. The molecule has 1 amide bonds. The molecule has 1 N–H and O–H groups in total. The van der Waals surface area contributed by atoms with Gasteiger partial charge in [0.15, 0.2) is 0 Å². The van der Waals surface area contributed by atoms with Crippen LogP contribution in [0.3, 0.4) is 0 Å². The van der Waals surface area contributed by atoms with Crippen LogP contribution in [0.2, 0.25) is 0 Å². The number of benzene rings is 1. The minimum atomic E-state index is -0.0928. The number of carbonyl (C=O) groups excluding carboxylic acids is 1. The second kappa shape index (κ2) is 6.06. The van der Waals surface area contributed by atoms with E-state index in [0.717, 1.165) is 30.9 Å². The maximum Gasteiger partial charge on any atom is 0.241 e. The van der Waals surface area contributed by atoms with Gasteiger partial charge in [-0.3, -0.25) is 10.1 Å². The molecular weight excluding hydrogens is 264 g/mol. The first-order chi connectivity index (χ1) is 10.2. The fourth-order valence-electron chi connectivity index (χ4n) is 2.79. The van der Waals surface area contributed by atoms with Crippen molar-refractivity contribution < 1.29 is 9.53 Å². The van der Waals surface area contributed by atoms with Gasteiger partial charge in [-0.1, -0.05) is 19.1 Å². The molecule has 1 saturated heterocycles. The molecule has 0 spiro atoms. The Morgan fingerprint density at radius 2 is 2.00 bits per heavy atom. The van der Waals surface area contributed by atoms with Crippen LogP contribution in [0.25, 0.3) is 0 Å². The predicted molar refractivity (Wildman–Crippen MR) is 82.0 cm³/mol. The topological polar surface area (TPSA) is 41.6 Å². The van der Waals surface area contributed by atoms with Gasteiger partial charge < -0.3 is 9.64 Å². The smallest absolute Gasteiger partial charge is 0.241 e. The van der Waals surface area contributed by atoms with Gasteiger partial charge in [0.25, 0.3) is 0 Å². The van der Waals surface area contributed by atoms with Gasteiger partial charge in [-0.25, -0.2) is 0 Å². The van der Waals surface area contributed by atoms with Crippen molar-refractivity contribution in [3.05, 3.63) is 29.8 Å². The zero-order chi connectivity index (χ0) is 14.8. The summed E-state index contributed by atoms with van der Waals surface area (Å²) in [4.78, 5) is 14.3. The summed E-state index contributed by atoms with van der Waals surface area (Å²) in [5.41, 5.74) is 1.14. The van der Waals surface area contributed by atoms with Crippen LogP contribution in [0.1, 0.15) is 44.8 Å². The highest BCUT2D eigenvalue weighted by Crippen LogP contribution is 2.35. The molecule has 1 aromatic rings. The predicted octanol–water partition coefficient (Wildman–Crippen LogP) is 2.70. The number of hydrogen-bond acceptors (Lipinski definition) is 3. The van der Waals surface area contributed by atoms with Crippen LogP contribution in [0, 0.1) is 5.92 Å². The van der Waals surface area contributed by atoms with Gasteiger partial charge in [0.05, 0.1) is 12.6 Å². The molecule has 0 radical (unpaired) electrons. The molecule has 2 unspecified atom stereocenters. The third kappa shape index (κ3) is 3.21. The lowest BCUT2D eigenvalue weighted by Crippen LogP contribution is -2.32. The molecule has 114 valence electrons. The second-order valence-corrected chi connectivity index (χ2v) is 6.14. The first-order valence-corrected chi connectivity index (χ1v) is 7.98. The summed E-state index contributed by atoms with van der Waals surface area (Å²) in [6.45, 7) is 5.67. The van der Waals surface area contributed by atoms with Crippen molar-refractivity contribution in [2.24, 2.45) is 5.92 Å². The van der Waals surface area contributed by atoms with Crippen molar-refractivity contribution in [3.63, 3.8) is 0 Å². The fourth-order valence-corrected chi connectivity index (χ4v) is 2.79. The molecule has 4 nitrogen and oxygen atoms in total. The van der Waals surface area contributed by atoms with E-state index < -0.39 is 0 Å². The number of rotatable bonds is 6. The summed E-state index contributed by atoms with van der Waals surface area (Å²) in [6.07, 6.45) is 3.53. The van der Waals surface area contributed by atoms with Crippen molar-refractivity contribution in [1.82, 2.24) is 10.2 Å². The van der Waals surface area contributed by atoms with Crippen molar-refractivity contribution in [1.29, 1.82) is 0 Å². The Morgan fingerprint density at radius 1 is 1.29 bits per heavy atom. The largest absolute Gasteiger partial charge is 0.494 e. The molecule has 1 aliphatic heterocycles. The van der Waals surface area contributed by atoms with Crippen LogP contribution < -0.4 is 10.1 Å². The van der Waals surface area contributed by atoms with Crippen molar-refractivity contribution >= 4 is 5.91 Å². The Bertz CT molecular complexity index is 496. The molecule has 21 heavy (non-hydrogen) atoms. The molecule has 2 fully saturated rings. The Kier molecular flexibility index (Phi) is 4.15. The van der Waals surface area contributed by atoms with Gasteiger partial charge >= 0.3 is 0 Å². The SMILES string of the molecule is CCCOc1ccc(C2NC(C)C(=O)N2CC2CC2)cc1. The van der Waals surface area contributed by atoms with E-state index in [1.165, 1.54) is 12.8 Å². The normalized spacial score (nSPS) is 25.4. The number of nitrogens with zero attached hydrogens (tertiary/aromatic N) is 1. The highest BCUT2D eigenvalue weighted by atomic mass is 16.5. The average molecular weight is 288 g/mol. The van der Waals surface area contributed by atoms with Crippen LogP contribution in [-0.4, -0.2) is 30.0 Å². The molecule has 4 heteroatoms. The average Bonchev–Trinajstić information content (AvgIpc) is 3.27. The number of ether oxygens (including phenoxy) is 1. The van der Waals surface area contributed by atoms with Gasteiger partial charge in [0, 0.05) is 6.54 Å². The Labute approximate surface area is 126 Å². The minimum absolute atomic E-state index is 0.00771. The van der Waals surface area contributed by atoms with Gasteiger partial charge in [0.1, 0.15) is 11.9 Å². The summed E-state index contributed by atoms with van der Waals surface area (Å²) in [5, 5.41) is 3.40. The van der Waals surface area contributed by atoms with Crippen molar-refractivity contribution in [2.45, 2.75) is 45.3 Å². The van der Waals surface area contributed by atoms with Crippen LogP contribution in [0.4, 0.5) is 0 Å². The lowest BCUT2D eigenvalue weighted by Gasteiger charge is -2.24. The molecule has 0 bridgehead atoms. The quantitative estimate of drug-likeness (QED) is 0.875. The zero-order valence-electron chi connectivity index (χ0n) is 12.8. The number of nitrogens with one attached hydrogen (secondary N) is 1. The van der Waals surface area contributed by atoms with E-state index in [1.807, 2.05) is 24.0 Å². The van der Waals surface area contributed by atoms with Crippen molar-refractivity contribution in [2.75, 3.05) is 13.2 Å². The summed E-state index contributed by atoms with van der Waals surface area (Å²) in [6, 6.07) is 8.02. The standard InChI is InChI=1S/C17H24N2O2/c1-3-10-21-15-8-6-14(7-9-15)16-18-12(2)17(20)19(16)11-13-4-5-13/h6-9,12-13,16,18H,3-5,10-11H2,1-2H3. The van der Waals surface area contributed by atoms with E-state index in [4.69, 9.17) is 4.74 Å². The number of carbonyl (C=O) groups is 1. The molecule has 1 aliphatic carbocycles. The van der Waals surface area contributed by atoms with Gasteiger partial charge in [-0.2, -0.15) is 0 Å². The second-order valence-electron chi connectivity index (χ2n) is 6.14. The molecule has 1 aromatic carbocycles. The van der Waals surface area contributed by atoms with Crippen LogP contribution in [-0.2, 0) is 4.79 Å². The van der Waals surface area contributed by atoms with Crippen LogP contribution in [0.15, 0.2) is 24.3 Å². The summed E-state index contributed by atoms with van der Waals surface area (Å²) in [5.74, 6) is 1.82. The fraction of sp³-hybridized carbons (Fsp3) is 0.588. The highest BCUT2D eigenvalue weighted by Gasteiger charge is 2.39. The zero-order valence-corrected chi connectivity index (χ0v) is 12.8. The Morgan fingerprint density at radius 3 is 2.62 bits per heavy atom. The minimum Gasteiger partial charge on any atom is -0.494 e. The maximum absolute atomic E-state index is 12.3. The molecule has 0 aromatic heterocycles. The Hall–Kier alpha value is -1.55. The van der Waals surface area contributed by atoms with Crippen molar-refractivity contribution in [3.8, 4) is 5.75 Å². The molecule has 2 atom stereocenters. The highest BCUT2D eigenvalue weighted by molar-refractivity contribution is 5.84.